The highest BCUT2D eigenvalue weighted by molar-refractivity contribution is 7.14. The van der Waals surface area contributed by atoms with Gasteiger partial charge in [-0.05, 0) is 12.1 Å². The number of hydrogen-bond donors (Lipinski definition) is 1. The first-order chi connectivity index (χ1) is 13.2. The first-order valence-electron chi connectivity index (χ1n) is 8.18. The Morgan fingerprint density at radius 1 is 0.963 bits per heavy atom. The molecule has 4 nitrogen and oxygen atoms in total. The average molecular weight is 395 g/mol. The second-order valence-corrected chi connectivity index (χ2v) is 7.50. The van der Waals surface area contributed by atoms with Gasteiger partial charge in [0.2, 0.25) is 5.91 Å². The van der Waals surface area contributed by atoms with Gasteiger partial charge < -0.3 is 5.32 Å². The lowest BCUT2D eigenvalue weighted by molar-refractivity contribution is -0.115. The molecule has 0 saturated heterocycles. The number of carbonyl (C=O) groups is 1. The Bertz CT molecular complexity index is 1080. The molecule has 4 aromatic rings. The fourth-order valence-corrected chi connectivity index (χ4v) is 4.10. The molecule has 0 fully saturated rings. The maximum atomic E-state index is 13.3. The molecule has 0 bridgehead atoms. The van der Waals surface area contributed by atoms with Crippen LogP contribution in [0, 0.1) is 5.82 Å². The number of hydrogen-bond acceptors (Lipinski definition) is 5. The number of amides is 1. The van der Waals surface area contributed by atoms with Crippen LogP contribution in [-0.4, -0.2) is 15.9 Å². The molecule has 1 N–H and O–H groups in total. The van der Waals surface area contributed by atoms with Crippen molar-refractivity contribution in [2.45, 2.75) is 6.42 Å². The number of thiazole rings is 2. The van der Waals surface area contributed by atoms with Crippen LogP contribution in [0.25, 0.3) is 21.8 Å². The van der Waals surface area contributed by atoms with Crippen molar-refractivity contribution < 1.29 is 9.18 Å². The van der Waals surface area contributed by atoms with Gasteiger partial charge in [0.25, 0.3) is 0 Å². The van der Waals surface area contributed by atoms with E-state index in [9.17, 15) is 9.18 Å². The van der Waals surface area contributed by atoms with E-state index in [2.05, 4.69) is 15.3 Å². The molecule has 2 heterocycles. The maximum Gasteiger partial charge on any atom is 0.232 e. The van der Waals surface area contributed by atoms with Crippen LogP contribution in [0.2, 0.25) is 0 Å². The second-order valence-electron chi connectivity index (χ2n) is 5.78. The minimum atomic E-state index is -0.316. The Balaban J connectivity index is 1.41. The summed E-state index contributed by atoms with van der Waals surface area (Å²) in [4.78, 5) is 21.2. The summed E-state index contributed by atoms with van der Waals surface area (Å²) in [6, 6.07) is 16.1. The molecule has 134 valence electrons. The number of carbonyl (C=O) groups excluding carboxylic acids is 1. The zero-order valence-corrected chi connectivity index (χ0v) is 15.7. The van der Waals surface area contributed by atoms with Crippen LogP contribution >= 0.6 is 22.7 Å². The maximum absolute atomic E-state index is 13.3. The fourth-order valence-electron chi connectivity index (χ4n) is 2.54. The van der Waals surface area contributed by atoms with Gasteiger partial charge in [-0.25, -0.2) is 14.4 Å². The minimum Gasteiger partial charge on any atom is -0.302 e. The van der Waals surface area contributed by atoms with Crippen molar-refractivity contribution in [3.63, 3.8) is 0 Å². The molecule has 0 aliphatic carbocycles. The first kappa shape index (κ1) is 17.5. The van der Waals surface area contributed by atoms with E-state index in [1.165, 1.54) is 34.8 Å². The van der Waals surface area contributed by atoms with E-state index in [0.717, 1.165) is 16.3 Å². The summed E-state index contributed by atoms with van der Waals surface area (Å²) in [6.07, 6.45) is 0.179. The Morgan fingerprint density at radius 2 is 1.78 bits per heavy atom. The van der Waals surface area contributed by atoms with E-state index in [1.54, 1.807) is 17.5 Å². The number of benzene rings is 2. The largest absolute Gasteiger partial charge is 0.302 e. The monoisotopic (exact) mass is 395 g/mol. The molecule has 0 aliphatic heterocycles. The molecule has 0 atom stereocenters. The zero-order chi connectivity index (χ0) is 18.6. The molecule has 0 saturated carbocycles. The van der Waals surface area contributed by atoms with Crippen molar-refractivity contribution in [3.8, 4) is 21.8 Å². The number of aromatic nitrogens is 2. The number of nitrogens with zero attached hydrogens (tertiary/aromatic N) is 2. The van der Waals surface area contributed by atoms with Crippen molar-refractivity contribution in [1.82, 2.24) is 9.97 Å². The summed E-state index contributed by atoms with van der Waals surface area (Å²) in [5, 5.41) is 7.84. The Morgan fingerprint density at radius 3 is 2.59 bits per heavy atom. The molecule has 27 heavy (non-hydrogen) atoms. The Hall–Kier alpha value is -2.90. The predicted octanol–water partition coefficient (Wildman–Crippen LogP) is 5.25. The number of rotatable bonds is 5. The van der Waals surface area contributed by atoms with Gasteiger partial charge in [0, 0.05) is 21.9 Å². The van der Waals surface area contributed by atoms with Crippen molar-refractivity contribution in [2.24, 2.45) is 0 Å². The van der Waals surface area contributed by atoms with Gasteiger partial charge in [-0.3, -0.25) is 4.79 Å². The van der Waals surface area contributed by atoms with Crippen LogP contribution in [0.15, 0.2) is 65.4 Å². The van der Waals surface area contributed by atoms with E-state index in [-0.39, 0.29) is 18.1 Å². The van der Waals surface area contributed by atoms with Crippen LogP contribution in [-0.2, 0) is 11.2 Å². The highest BCUT2D eigenvalue weighted by Gasteiger charge is 2.12. The fraction of sp³-hybridized carbons (Fsp3) is 0.0500. The molecule has 1 amide bonds. The van der Waals surface area contributed by atoms with Gasteiger partial charge in [0.05, 0.1) is 17.8 Å². The Kier molecular flexibility index (Phi) is 5.04. The third kappa shape index (κ3) is 4.27. The van der Waals surface area contributed by atoms with E-state index in [1.807, 2.05) is 35.7 Å². The summed E-state index contributed by atoms with van der Waals surface area (Å²) in [5.41, 5.74) is 3.07. The number of anilines is 1. The highest BCUT2D eigenvalue weighted by Crippen LogP contribution is 2.26. The van der Waals surface area contributed by atoms with Crippen molar-refractivity contribution >= 4 is 33.7 Å². The second kappa shape index (κ2) is 7.77. The van der Waals surface area contributed by atoms with Gasteiger partial charge in [-0.1, -0.05) is 42.5 Å². The van der Waals surface area contributed by atoms with Gasteiger partial charge in [-0.2, -0.15) is 0 Å². The van der Waals surface area contributed by atoms with Gasteiger partial charge in [-0.15, -0.1) is 22.7 Å². The molecule has 0 radical (unpaired) electrons. The summed E-state index contributed by atoms with van der Waals surface area (Å²) < 4.78 is 13.3. The third-order valence-electron chi connectivity index (χ3n) is 3.79. The summed E-state index contributed by atoms with van der Waals surface area (Å²) in [5.74, 6) is -0.496. The molecule has 2 aromatic carbocycles. The van der Waals surface area contributed by atoms with Crippen LogP contribution in [0.4, 0.5) is 9.52 Å². The quantitative estimate of drug-likeness (QED) is 0.502. The highest BCUT2D eigenvalue weighted by atomic mass is 32.1. The van der Waals surface area contributed by atoms with Crippen LogP contribution in [0.5, 0.6) is 0 Å². The predicted molar refractivity (Wildman–Crippen MR) is 107 cm³/mol. The molecule has 0 aliphatic rings. The topological polar surface area (TPSA) is 54.9 Å². The lowest BCUT2D eigenvalue weighted by Gasteiger charge is -2.00. The summed E-state index contributed by atoms with van der Waals surface area (Å²) in [7, 11) is 0. The summed E-state index contributed by atoms with van der Waals surface area (Å²) in [6.45, 7) is 0. The van der Waals surface area contributed by atoms with E-state index in [0.29, 0.717) is 16.4 Å². The lowest BCUT2D eigenvalue weighted by atomic mass is 10.2. The van der Waals surface area contributed by atoms with Crippen molar-refractivity contribution in [1.29, 1.82) is 0 Å². The summed E-state index contributed by atoms with van der Waals surface area (Å²) >= 11 is 2.82. The van der Waals surface area contributed by atoms with Crippen LogP contribution < -0.4 is 5.32 Å². The normalized spacial score (nSPS) is 10.7. The van der Waals surface area contributed by atoms with Crippen molar-refractivity contribution in [3.05, 3.63) is 76.9 Å². The third-order valence-corrected chi connectivity index (χ3v) is 5.48. The van der Waals surface area contributed by atoms with Crippen molar-refractivity contribution in [2.75, 3.05) is 5.32 Å². The minimum absolute atomic E-state index is 0.179. The lowest BCUT2D eigenvalue weighted by Crippen LogP contribution is -2.14. The van der Waals surface area contributed by atoms with E-state index in [4.69, 9.17) is 0 Å². The molecule has 2 aromatic heterocycles. The van der Waals surface area contributed by atoms with Gasteiger partial charge in [0.1, 0.15) is 10.8 Å². The van der Waals surface area contributed by atoms with E-state index < -0.39 is 0 Å². The van der Waals surface area contributed by atoms with E-state index >= 15 is 0 Å². The zero-order valence-electron chi connectivity index (χ0n) is 14.1. The molecule has 7 heteroatoms. The molecular weight excluding hydrogens is 381 g/mol. The smallest absolute Gasteiger partial charge is 0.232 e. The van der Waals surface area contributed by atoms with Crippen LogP contribution in [0.1, 0.15) is 5.69 Å². The first-order valence-corrected chi connectivity index (χ1v) is 9.94. The number of halogens is 1. The standard InChI is InChI=1S/C20H14FN3OS2/c21-15-8-4-7-14(9-15)17-12-27-20(23-17)24-18(25)10-16-11-26-19(22-16)13-5-2-1-3-6-13/h1-9,11-12H,10H2,(H,23,24,25). The Labute approximate surface area is 163 Å². The van der Waals surface area contributed by atoms with Gasteiger partial charge in [0.15, 0.2) is 5.13 Å². The molecular formula is C20H14FN3OS2. The molecule has 0 unspecified atom stereocenters. The number of nitrogens with one attached hydrogen (secondary N) is 1. The molecule has 4 rings (SSSR count). The van der Waals surface area contributed by atoms with Crippen LogP contribution in [0.3, 0.4) is 0 Å². The molecule has 0 spiro atoms. The SMILES string of the molecule is O=C(Cc1csc(-c2ccccc2)n1)Nc1nc(-c2cccc(F)c2)cs1. The average Bonchev–Trinajstić information content (AvgIpc) is 3.32. The van der Waals surface area contributed by atoms with Gasteiger partial charge >= 0.3 is 0 Å².